The van der Waals surface area contributed by atoms with Gasteiger partial charge in [0.05, 0.1) is 13.1 Å². The zero-order valence-electron chi connectivity index (χ0n) is 13.4. The second-order valence-electron chi connectivity index (χ2n) is 5.71. The molecule has 1 amide bonds. The van der Waals surface area contributed by atoms with Gasteiger partial charge in [-0.1, -0.05) is 12.1 Å². The number of nitrogens with zero attached hydrogens (tertiary/aromatic N) is 2. The summed E-state index contributed by atoms with van der Waals surface area (Å²) in [4.78, 5) is 15.9. The first-order chi connectivity index (χ1) is 10.6. The van der Waals surface area contributed by atoms with Crippen LogP contribution in [0.5, 0.6) is 5.75 Å². The monoisotopic (exact) mass is 345 g/mol. The number of benzene rings is 1. The van der Waals surface area contributed by atoms with Crippen molar-refractivity contribution in [2.75, 3.05) is 39.8 Å². The smallest absolute Gasteiger partial charge is 0.236 e. The lowest BCUT2D eigenvalue weighted by Crippen LogP contribution is -2.45. The van der Waals surface area contributed by atoms with Crippen LogP contribution in [0.1, 0.15) is 12.8 Å². The molecule has 0 radical (unpaired) electrons. The fourth-order valence-corrected chi connectivity index (χ4v) is 2.40. The van der Waals surface area contributed by atoms with E-state index >= 15 is 0 Å². The molecule has 1 aliphatic rings. The van der Waals surface area contributed by atoms with Crippen LogP contribution in [0.3, 0.4) is 0 Å². The molecule has 0 aromatic heterocycles. The predicted octanol–water partition coefficient (Wildman–Crippen LogP) is 1.51. The highest BCUT2D eigenvalue weighted by Crippen LogP contribution is 2.15. The maximum absolute atomic E-state index is 13.4. The molecule has 1 aromatic rings. The van der Waals surface area contributed by atoms with Gasteiger partial charge in [-0.05, 0) is 25.0 Å². The third-order valence-electron chi connectivity index (χ3n) is 3.94. The third kappa shape index (κ3) is 6.33. The standard InChI is InChI=1S/C16H24FN3O2.ClH/c1-19(10-11-22-15-5-3-2-4-14(15)17)16(21)12-20-8-6-13(18)7-9-20;/h2-5,13H,6-12,18H2,1H3;1H. The summed E-state index contributed by atoms with van der Waals surface area (Å²) in [5.74, 6) is -0.123. The molecule has 0 atom stereocenters. The Hall–Kier alpha value is -1.37. The van der Waals surface area contributed by atoms with Crippen molar-refractivity contribution in [3.63, 3.8) is 0 Å². The zero-order chi connectivity index (χ0) is 15.9. The quantitative estimate of drug-likeness (QED) is 0.849. The average molecular weight is 346 g/mol. The number of piperidine rings is 1. The summed E-state index contributed by atoms with van der Waals surface area (Å²) in [6, 6.07) is 6.52. The van der Waals surface area contributed by atoms with Crippen LogP contribution in [-0.2, 0) is 4.79 Å². The number of amides is 1. The van der Waals surface area contributed by atoms with Gasteiger partial charge in [0, 0.05) is 26.2 Å². The topological polar surface area (TPSA) is 58.8 Å². The Morgan fingerprint density at radius 2 is 2.04 bits per heavy atom. The summed E-state index contributed by atoms with van der Waals surface area (Å²) in [5.41, 5.74) is 5.85. The Morgan fingerprint density at radius 3 is 2.70 bits per heavy atom. The number of hydrogen-bond donors (Lipinski definition) is 1. The maximum Gasteiger partial charge on any atom is 0.236 e. The molecule has 2 rings (SSSR count). The van der Waals surface area contributed by atoms with Gasteiger partial charge >= 0.3 is 0 Å². The number of likely N-dealkylation sites (N-methyl/N-ethyl adjacent to an activating group) is 1. The van der Waals surface area contributed by atoms with Crippen molar-refractivity contribution in [3.05, 3.63) is 30.1 Å². The second kappa shape index (κ2) is 9.70. The van der Waals surface area contributed by atoms with Crippen LogP contribution in [0.2, 0.25) is 0 Å². The Balaban J connectivity index is 0.00000264. The van der Waals surface area contributed by atoms with E-state index in [1.807, 2.05) is 0 Å². The van der Waals surface area contributed by atoms with Gasteiger partial charge in [-0.3, -0.25) is 9.69 Å². The van der Waals surface area contributed by atoms with Gasteiger partial charge in [-0.2, -0.15) is 0 Å². The summed E-state index contributed by atoms with van der Waals surface area (Å²) in [6.45, 7) is 2.84. The molecule has 1 fully saturated rings. The van der Waals surface area contributed by atoms with Gasteiger partial charge in [0.15, 0.2) is 11.6 Å². The fourth-order valence-electron chi connectivity index (χ4n) is 2.40. The SMILES string of the molecule is CN(CCOc1ccccc1F)C(=O)CN1CCC(N)CC1.Cl. The summed E-state index contributed by atoms with van der Waals surface area (Å²) >= 11 is 0. The molecule has 1 saturated heterocycles. The van der Waals surface area contributed by atoms with Gasteiger partial charge < -0.3 is 15.4 Å². The lowest BCUT2D eigenvalue weighted by molar-refractivity contribution is -0.131. The Morgan fingerprint density at radius 1 is 1.39 bits per heavy atom. The van der Waals surface area contributed by atoms with Crippen molar-refractivity contribution in [2.24, 2.45) is 5.73 Å². The first kappa shape index (κ1) is 19.7. The Labute approximate surface area is 143 Å². The molecule has 0 spiro atoms. The lowest BCUT2D eigenvalue weighted by Gasteiger charge is -2.30. The molecule has 0 aliphatic carbocycles. The number of likely N-dealkylation sites (tertiary alicyclic amines) is 1. The Kier molecular flexibility index (Phi) is 8.30. The van der Waals surface area contributed by atoms with Gasteiger partial charge in [0.25, 0.3) is 0 Å². The van der Waals surface area contributed by atoms with E-state index in [1.54, 1.807) is 30.1 Å². The number of ether oxygens (including phenoxy) is 1. The molecule has 1 aliphatic heterocycles. The molecular formula is C16H25ClFN3O2. The van der Waals surface area contributed by atoms with E-state index in [0.29, 0.717) is 13.1 Å². The van der Waals surface area contributed by atoms with Crippen molar-refractivity contribution in [2.45, 2.75) is 18.9 Å². The molecule has 130 valence electrons. The average Bonchev–Trinajstić information content (AvgIpc) is 2.51. The van der Waals surface area contributed by atoms with E-state index in [-0.39, 0.29) is 42.5 Å². The van der Waals surface area contributed by atoms with E-state index in [4.69, 9.17) is 10.5 Å². The van der Waals surface area contributed by atoms with Crippen LogP contribution in [0.25, 0.3) is 0 Å². The van der Waals surface area contributed by atoms with Gasteiger partial charge in [0.2, 0.25) is 5.91 Å². The minimum absolute atomic E-state index is 0. The summed E-state index contributed by atoms with van der Waals surface area (Å²) in [7, 11) is 1.74. The van der Waals surface area contributed by atoms with E-state index in [2.05, 4.69) is 4.90 Å². The zero-order valence-corrected chi connectivity index (χ0v) is 14.2. The molecule has 7 heteroatoms. The van der Waals surface area contributed by atoms with Crippen molar-refractivity contribution in [1.82, 2.24) is 9.80 Å². The molecule has 0 saturated carbocycles. The number of para-hydroxylation sites is 1. The predicted molar refractivity (Wildman–Crippen MR) is 90.4 cm³/mol. The van der Waals surface area contributed by atoms with Crippen molar-refractivity contribution in [3.8, 4) is 5.75 Å². The van der Waals surface area contributed by atoms with Crippen LogP contribution >= 0.6 is 12.4 Å². The van der Waals surface area contributed by atoms with Crippen molar-refractivity contribution in [1.29, 1.82) is 0 Å². The highest BCUT2D eigenvalue weighted by Gasteiger charge is 2.19. The minimum Gasteiger partial charge on any atom is -0.489 e. The van der Waals surface area contributed by atoms with E-state index in [1.165, 1.54) is 6.07 Å². The van der Waals surface area contributed by atoms with Crippen LogP contribution in [0, 0.1) is 5.82 Å². The number of carbonyl (C=O) groups excluding carboxylic acids is 1. The fraction of sp³-hybridized carbons (Fsp3) is 0.562. The van der Waals surface area contributed by atoms with Crippen molar-refractivity contribution >= 4 is 18.3 Å². The molecule has 0 bridgehead atoms. The highest BCUT2D eigenvalue weighted by molar-refractivity contribution is 5.85. The molecular weight excluding hydrogens is 321 g/mol. The second-order valence-corrected chi connectivity index (χ2v) is 5.71. The molecule has 0 unspecified atom stereocenters. The van der Waals surface area contributed by atoms with Gasteiger partial charge in [0.1, 0.15) is 6.61 Å². The van der Waals surface area contributed by atoms with Gasteiger partial charge in [-0.25, -0.2) is 4.39 Å². The molecule has 1 heterocycles. The van der Waals surface area contributed by atoms with Crippen LogP contribution < -0.4 is 10.5 Å². The summed E-state index contributed by atoms with van der Waals surface area (Å²) in [5, 5.41) is 0. The van der Waals surface area contributed by atoms with E-state index in [9.17, 15) is 9.18 Å². The molecule has 23 heavy (non-hydrogen) atoms. The largest absolute Gasteiger partial charge is 0.489 e. The first-order valence-electron chi connectivity index (χ1n) is 7.65. The molecule has 1 aromatic carbocycles. The van der Waals surface area contributed by atoms with Gasteiger partial charge in [-0.15, -0.1) is 12.4 Å². The number of halogens is 2. The molecule has 5 nitrogen and oxygen atoms in total. The number of rotatable bonds is 6. The van der Waals surface area contributed by atoms with Crippen LogP contribution in [0.15, 0.2) is 24.3 Å². The number of nitrogens with two attached hydrogens (primary N) is 1. The van der Waals surface area contributed by atoms with E-state index < -0.39 is 0 Å². The van der Waals surface area contributed by atoms with Crippen LogP contribution in [-0.4, -0.2) is 61.6 Å². The number of carbonyl (C=O) groups is 1. The summed E-state index contributed by atoms with van der Waals surface area (Å²) in [6.07, 6.45) is 1.88. The third-order valence-corrected chi connectivity index (χ3v) is 3.94. The highest BCUT2D eigenvalue weighted by atomic mass is 35.5. The number of hydrogen-bond acceptors (Lipinski definition) is 4. The first-order valence-corrected chi connectivity index (χ1v) is 7.65. The lowest BCUT2D eigenvalue weighted by atomic mass is 10.1. The maximum atomic E-state index is 13.4. The molecule has 2 N–H and O–H groups in total. The summed E-state index contributed by atoms with van der Waals surface area (Å²) < 4.78 is 18.8. The van der Waals surface area contributed by atoms with Crippen molar-refractivity contribution < 1.29 is 13.9 Å². The normalized spacial score (nSPS) is 15.8. The van der Waals surface area contributed by atoms with E-state index in [0.717, 1.165) is 25.9 Å². The minimum atomic E-state index is -0.388. The Bertz CT molecular complexity index is 496. The van der Waals surface area contributed by atoms with Crippen LogP contribution in [0.4, 0.5) is 4.39 Å².